The molecule has 0 bridgehead atoms. The molecule has 0 fully saturated rings. The van der Waals surface area contributed by atoms with Crippen LogP contribution in [0.5, 0.6) is 0 Å². The van der Waals surface area contributed by atoms with Crippen LogP contribution < -0.4 is 5.32 Å². The molecule has 2 aromatic heterocycles. The highest BCUT2D eigenvalue weighted by Gasteiger charge is 2.11. The Kier molecular flexibility index (Phi) is 4.95. The summed E-state index contributed by atoms with van der Waals surface area (Å²) in [7, 11) is 0. The maximum atomic E-state index is 11.8. The van der Waals surface area contributed by atoms with Gasteiger partial charge in [-0.3, -0.25) is 9.48 Å². The molecule has 0 spiro atoms. The summed E-state index contributed by atoms with van der Waals surface area (Å²) in [6, 6.07) is 5.26. The first-order chi connectivity index (χ1) is 9.65. The molecule has 108 valence electrons. The smallest absolute Gasteiger partial charge is 0.286 e. The second-order valence-electron chi connectivity index (χ2n) is 4.72. The van der Waals surface area contributed by atoms with Gasteiger partial charge in [0.2, 0.25) is 0 Å². The lowest BCUT2D eigenvalue weighted by molar-refractivity contribution is 0.0920. The van der Waals surface area contributed by atoms with Crippen molar-refractivity contribution >= 4 is 5.91 Å². The molecule has 0 aromatic carbocycles. The summed E-state index contributed by atoms with van der Waals surface area (Å²) in [6.07, 6.45) is 4.60. The number of aliphatic hydroxyl groups is 1. The van der Waals surface area contributed by atoms with E-state index in [-0.39, 0.29) is 12.0 Å². The van der Waals surface area contributed by atoms with Crippen molar-refractivity contribution in [3.63, 3.8) is 0 Å². The quantitative estimate of drug-likeness (QED) is 0.750. The Morgan fingerprint density at radius 2 is 2.40 bits per heavy atom. The molecule has 2 N–H and O–H groups in total. The van der Waals surface area contributed by atoms with Crippen molar-refractivity contribution in [3.8, 4) is 0 Å². The third-order valence-corrected chi connectivity index (χ3v) is 2.85. The third-order valence-electron chi connectivity index (χ3n) is 2.85. The Hall–Kier alpha value is -2.08. The predicted octanol–water partition coefficient (Wildman–Crippen LogP) is 1.42. The zero-order valence-electron chi connectivity index (χ0n) is 11.5. The summed E-state index contributed by atoms with van der Waals surface area (Å²) in [5, 5.41) is 16.0. The Labute approximate surface area is 117 Å². The van der Waals surface area contributed by atoms with Gasteiger partial charge >= 0.3 is 0 Å². The first-order valence-electron chi connectivity index (χ1n) is 6.67. The monoisotopic (exact) mass is 277 g/mol. The van der Waals surface area contributed by atoms with Gasteiger partial charge in [-0.05, 0) is 38.0 Å². The Bertz CT molecular complexity index is 532. The first kappa shape index (κ1) is 14.3. The van der Waals surface area contributed by atoms with E-state index in [0.29, 0.717) is 31.0 Å². The molecule has 2 heterocycles. The molecule has 0 aliphatic heterocycles. The van der Waals surface area contributed by atoms with Gasteiger partial charge in [0.25, 0.3) is 5.91 Å². The lowest BCUT2D eigenvalue weighted by Crippen LogP contribution is -2.24. The summed E-state index contributed by atoms with van der Waals surface area (Å²) in [5.41, 5.74) is 0. The van der Waals surface area contributed by atoms with Gasteiger partial charge in [0, 0.05) is 18.9 Å². The van der Waals surface area contributed by atoms with Crippen LogP contribution in [0, 0.1) is 0 Å². The van der Waals surface area contributed by atoms with E-state index in [1.165, 1.54) is 0 Å². The highest BCUT2D eigenvalue weighted by Crippen LogP contribution is 2.09. The van der Waals surface area contributed by atoms with E-state index in [4.69, 9.17) is 9.52 Å². The van der Waals surface area contributed by atoms with Gasteiger partial charge in [0.1, 0.15) is 5.76 Å². The number of carbonyl (C=O) groups is 1. The summed E-state index contributed by atoms with van der Waals surface area (Å²) < 4.78 is 7.20. The lowest BCUT2D eigenvalue weighted by Gasteiger charge is -2.05. The van der Waals surface area contributed by atoms with Crippen LogP contribution in [-0.4, -0.2) is 33.4 Å². The number of hydrogen-bond acceptors (Lipinski definition) is 4. The lowest BCUT2D eigenvalue weighted by atomic mass is 10.2. The molecule has 1 atom stereocenters. The fourth-order valence-corrected chi connectivity index (χ4v) is 1.83. The SMILES string of the molecule is CC(O)CCCNC(=O)c1ccc(Cn2cccn2)o1. The van der Waals surface area contributed by atoms with Gasteiger partial charge in [0.05, 0.1) is 12.6 Å². The van der Waals surface area contributed by atoms with E-state index in [0.717, 1.165) is 6.42 Å². The van der Waals surface area contributed by atoms with Gasteiger partial charge in [-0.2, -0.15) is 5.10 Å². The topological polar surface area (TPSA) is 80.3 Å². The van der Waals surface area contributed by atoms with Crippen molar-refractivity contribution in [3.05, 3.63) is 42.1 Å². The number of furan rings is 1. The van der Waals surface area contributed by atoms with Crippen molar-refractivity contribution < 1.29 is 14.3 Å². The molecule has 0 radical (unpaired) electrons. The molecule has 20 heavy (non-hydrogen) atoms. The van der Waals surface area contributed by atoms with Crippen molar-refractivity contribution in [1.82, 2.24) is 15.1 Å². The van der Waals surface area contributed by atoms with Crippen LogP contribution in [0.3, 0.4) is 0 Å². The Morgan fingerprint density at radius 3 is 3.10 bits per heavy atom. The first-order valence-corrected chi connectivity index (χ1v) is 6.67. The summed E-state index contributed by atoms with van der Waals surface area (Å²) in [6.45, 7) is 2.76. The largest absolute Gasteiger partial charge is 0.454 e. The van der Waals surface area contributed by atoms with E-state index < -0.39 is 0 Å². The molecule has 2 aromatic rings. The van der Waals surface area contributed by atoms with Crippen molar-refractivity contribution in [2.45, 2.75) is 32.4 Å². The zero-order valence-corrected chi connectivity index (χ0v) is 11.5. The van der Waals surface area contributed by atoms with Crippen molar-refractivity contribution in [1.29, 1.82) is 0 Å². The van der Waals surface area contributed by atoms with Crippen LogP contribution in [0.25, 0.3) is 0 Å². The molecule has 0 aliphatic rings. The molecule has 1 amide bonds. The minimum absolute atomic E-state index is 0.234. The van der Waals surface area contributed by atoms with E-state index in [1.807, 2.05) is 12.3 Å². The molecule has 0 aliphatic carbocycles. The number of amides is 1. The number of hydrogen-bond donors (Lipinski definition) is 2. The van der Waals surface area contributed by atoms with Crippen molar-refractivity contribution in [2.24, 2.45) is 0 Å². The van der Waals surface area contributed by atoms with Gasteiger partial charge in [0.15, 0.2) is 5.76 Å². The molecule has 2 rings (SSSR count). The molecule has 1 unspecified atom stereocenters. The van der Waals surface area contributed by atoms with Gasteiger partial charge in [-0.15, -0.1) is 0 Å². The molecule has 0 saturated carbocycles. The van der Waals surface area contributed by atoms with Crippen molar-refractivity contribution in [2.75, 3.05) is 6.54 Å². The number of carbonyl (C=O) groups excluding carboxylic acids is 1. The Morgan fingerprint density at radius 1 is 1.55 bits per heavy atom. The van der Waals surface area contributed by atoms with Crippen LogP contribution in [0.15, 0.2) is 35.0 Å². The number of rotatable bonds is 7. The number of aliphatic hydroxyl groups excluding tert-OH is 1. The van der Waals surface area contributed by atoms with Crippen LogP contribution in [-0.2, 0) is 6.54 Å². The molecule has 6 nitrogen and oxygen atoms in total. The number of nitrogens with one attached hydrogen (secondary N) is 1. The molecular weight excluding hydrogens is 258 g/mol. The fraction of sp³-hybridized carbons (Fsp3) is 0.429. The third kappa shape index (κ3) is 4.24. The Balaban J connectivity index is 1.80. The van der Waals surface area contributed by atoms with Gasteiger partial charge < -0.3 is 14.8 Å². The normalized spacial score (nSPS) is 12.3. The van der Waals surface area contributed by atoms with Crippen LogP contribution >= 0.6 is 0 Å². The predicted molar refractivity (Wildman–Crippen MR) is 73.3 cm³/mol. The van der Waals surface area contributed by atoms with Gasteiger partial charge in [-0.25, -0.2) is 0 Å². The van der Waals surface area contributed by atoms with Gasteiger partial charge in [-0.1, -0.05) is 0 Å². The number of aromatic nitrogens is 2. The highest BCUT2D eigenvalue weighted by atomic mass is 16.4. The molecule has 0 saturated heterocycles. The van der Waals surface area contributed by atoms with E-state index in [9.17, 15) is 4.79 Å². The second kappa shape index (κ2) is 6.91. The van der Waals surface area contributed by atoms with Crippen LogP contribution in [0.4, 0.5) is 0 Å². The average Bonchev–Trinajstić information content (AvgIpc) is 3.06. The zero-order chi connectivity index (χ0) is 14.4. The standard InChI is InChI=1S/C14H19N3O3/c1-11(18)4-2-7-15-14(19)13-6-5-12(20-13)10-17-9-3-8-16-17/h3,5-6,8-9,11,18H,2,4,7,10H2,1H3,(H,15,19). The molecular formula is C14H19N3O3. The average molecular weight is 277 g/mol. The van der Waals surface area contributed by atoms with Crippen LogP contribution in [0.2, 0.25) is 0 Å². The maximum absolute atomic E-state index is 11.8. The van der Waals surface area contributed by atoms with E-state index in [1.54, 1.807) is 29.9 Å². The molecule has 6 heteroatoms. The van der Waals surface area contributed by atoms with E-state index >= 15 is 0 Å². The minimum atomic E-state index is -0.337. The van der Waals surface area contributed by atoms with Crippen LogP contribution in [0.1, 0.15) is 36.1 Å². The van der Waals surface area contributed by atoms with E-state index in [2.05, 4.69) is 10.4 Å². The summed E-state index contributed by atoms with van der Waals surface area (Å²) in [4.78, 5) is 11.8. The second-order valence-corrected chi connectivity index (χ2v) is 4.72. The minimum Gasteiger partial charge on any atom is -0.454 e. The number of nitrogens with zero attached hydrogens (tertiary/aromatic N) is 2. The summed E-state index contributed by atoms with van der Waals surface area (Å²) >= 11 is 0. The highest BCUT2D eigenvalue weighted by molar-refractivity contribution is 5.91. The summed E-state index contributed by atoms with van der Waals surface area (Å²) in [5.74, 6) is 0.745. The fourth-order valence-electron chi connectivity index (χ4n) is 1.83. The maximum Gasteiger partial charge on any atom is 0.286 e.